The molecule has 0 aliphatic rings. The van der Waals surface area contributed by atoms with Gasteiger partial charge in [0.2, 0.25) is 0 Å². The molecule has 10 heavy (non-hydrogen) atoms. The third kappa shape index (κ3) is 1.54. The number of hydrogen-bond donors (Lipinski definition) is 0. The summed E-state index contributed by atoms with van der Waals surface area (Å²) in [6, 6.07) is 5.95. The van der Waals surface area contributed by atoms with Crippen molar-refractivity contribution in [3.8, 4) is 0 Å². The van der Waals surface area contributed by atoms with Crippen molar-refractivity contribution in [2.75, 3.05) is 7.11 Å². The molecule has 1 aromatic heterocycles. The summed E-state index contributed by atoms with van der Waals surface area (Å²) < 4.78 is 7.10. The zero-order valence-electron chi connectivity index (χ0n) is 6.32. The normalized spacial score (nSPS) is 13.0. The molecule has 1 rings (SSSR count). The van der Waals surface area contributed by atoms with Gasteiger partial charge in [-0.1, -0.05) is 6.07 Å². The van der Waals surface area contributed by atoms with E-state index in [0.29, 0.717) is 0 Å². The Balaban J connectivity index is 2.75. The van der Waals surface area contributed by atoms with E-state index < -0.39 is 0 Å². The van der Waals surface area contributed by atoms with Crippen LogP contribution in [0.4, 0.5) is 0 Å². The van der Waals surface area contributed by atoms with Gasteiger partial charge in [0, 0.05) is 26.2 Å². The summed E-state index contributed by atoms with van der Waals surface area (Å²) in [5, 5.41) is 0. The van der Waals surface area contributed by atoms with Crippen LogP contribution in [0.3, 0.4) is 0 Å². The average molecular weight is 138 g/mol. The number of aromatic nitrogens is 1. The van der Waals surface area contributed by atoms with Crippen molar-refractivity contribution in [3.63, 3.8) is 0 Å². The van der Waals surface area contributed by atoms with E-state index in [-0.39, 0.29) is 6.23 Å². The van der Waals surface area contributed by atoms with Gasteiger partial charge in [-0.25, -0.2) is 0 Å². The molecule has 54 valence electrons. The van der Waals surface area contributed by atoms with Gasteiger partial charge >= 0.3 is 0 Å². The van der Waals surface area contributed by atoms with Gasteiger partial charge in [0.15, 0.2) is 12.4 Å². The van der Waals surface area contributed by atoms with Gasteiger partial charge in [-0.2, -0.15) is 4.57 Å². The topological polar surface area (TPSA) is 13.1 Å². The number of rotatable bonds is 2. The van der Waals surface area contributed by atoms with E-state index in [1.54, 1.807) is 7.11 Å². The number of methoxy groups -OCH3 is 1. The van der Waals surface area contributed by atoms with Crippen LogP contribution >= 0.6 is 0 Å². The monoisotopic (exact) mass is 138 g/mol. The molecule has 0 aliphatic carbocycles. The summed E-state index contributed by atoms with van der Waals surface area (Å²) in [6.07, 6.45) is 4.09. The molecule has 2 heteroatoms. The van der Waals surface area contributed by atoms with Gasteiger partial charge in [-0.15, -0.1) is 0 Å². The third-order valence-electron chi connectivity index (χ3n) is 1.50. The number of nitrogens with zero attached hydrogens (tertiary/aromatic N) is 1. The number of pyridine rings is 1. The average Bonchev–Trinajstić information content (AvgIpc) is 2.05. The van der Waals surface area contributed by atoms with Gasteiger partial charge in [-0.3, -0.25) is 0 Å². The molecule has 0 aromatic carbocycles. The lowest BCUT2D eigenvalue weighted by atomic mass is 10.5. The van der Waals surface area contributed by atoms with E-state index >= 15 is 0 Å². The van der Waals surface area contributed by atoms with E-state index in [0.717, 1.165) is 0 Å². The van der Waals surface area contributed by atoms with Crippen LogP contribution in [0.5, 0.6) is 0 Å². The molecule has 2 nitrogen and oxygen atoms in total. The Kier molecular flexibility index (Phi) is 2.40. The molecule has 1 aromatic rings. The predicted molar refractivity (Wildman–Crippen MR) is 38.4 cm³/mol. The summed E-state index contributed by atoms with van der Waals surface area (Å²) in [6.45, 7) is 2.00. The second-order valence-electron chi connectivity index (χ2n) is 2.16. The maximum Gasteiger partial charge on any atom is 0.259 e. The highest BCUT2D eigenvalue weighted by molar-refractivity contribution is 4.83. The Labute approximate surface area is 61.1 Å². The summed E-state index contributed by atoms with van der Waals surface area (Å²) in [5.74, 6) is 0. The van der Waals surface area contributed by atoms with Crippen LogP contribution in [-0.4, -0.2) is 7.11 Å². The molecule has 1 heterocycles. The standard InChI is InChI=1S/C8H12NO/c1-8(10-2)9-6-4-3-5-7-9/h3-8H,1-2H3/q+1. The van der Waals surface area contributed by atoms with Crippen molar-refractivity contribution in [2.45, 2.75) is 13.2 Å². The molecule has 0 saturated heterocycles. The van der Waals surface area contributed by atoms with Crippen molar-refractivity contribution in [1.29, 1.82) is 0 Å². The molecule has 0 radical (unpaired) electrons. The van der Waals surface area contributed by atoms with E-state index in [2.05, 4.69) is 0 Å². The summed E-state index contributed by atoms with van der Waals surface area (Å²) >= 11 is 0. The van der Waals surface area contributed by atoms with E-state index in [4.69, 9.17) is 4.74 Å². The van der Waals surface area contributed by atoms with E-state index in [9.17, 15) is 0 Å². The molecule has 0 bridgehead atoms. The lowest BCUT2D eigenvalue weighted by molar-refractivity contribution is -0.757. The van der Waals surface area contributed by atoms with E-state index in [1.807, 2.05) is 42.1 Å². The van der Waals surface area contributed by atoms with Crippen LogP contribution < -0.4 is 4.57 Å². The predicted octanol–water partition coefficient (Wildman–Crippen LogP) is 1.14. The Morgan fingerprint density at radius 1 is 1.20 bits per heavy atom. The van der Waals surface area contributed by atoms with Gasteiger partial charge in [-0.05, 0) is 0 Å². The quantitative estimate of drug-likeness (QED) is 0.558. The summed E-state index contributed by atoms with van der Waals surface area (Å²) in [4.78, 5) is 0. The molecular formula is C8H12NO+. The van der Waals surface area contributed by atoms with Crippen molar-refractivity contribution < 1.29 is 9.30 Å². The minimum Gasteiger partial charge on any atom is -0.324 e. The van der Waals surface area contributed by atoms with Crippen molar-refractivity contribution in [1.82, 2.24) is 0 Å². The molecular weight excluding hydrogens is 126 g/mol. The Morgan fingerprint density at radius 3 is 2.30 bits per heavy atom. The Bertz CT molecular complexity index is 186. The molecule has 0 aliphatic heterocycles. The smallest absolute Gasteiger partial charge is 0.259 e. The van der Waals surface area contributed by atoms with Crippen LogP contribution in [0.2, 0.25) is 0 Å². The van der Waals surface area contributed by atoms with Crippen LogP contribution in [0.15, 0.2) is 30.6 Å². The largest absolute Gasteiger partial charge is 0.324 e. The second-order valence-corrected chi connectivity index (χ2v) is 2.16. The molecule has 0 N–H and O–H groups in total. The van der Waals surface area contributed by atoms with Crippen molar-refractivity contribution >= 4 is 0 Å². The fourth-order valence-corrected chi connectivity index (χ4v) is 0.776. The minimum absolute atomic E-state index is 0.126. The lowest BCUT2D eigenvalue weighted by Gasteiger charge is -2.01. The first kappa shape index (κ1) is 7.22. The van der Waals surface area contributed by atoms with Gasteiger partial charge < -0.3 is 4.74 Å². The SMILES string of the molecule is COC(C)[n+]1ccccc1. The zero-order chi connectivity index (χ0) is 7.40. The summed E-state index contributed by atoms with van der Waals surface area (Å²) in [5.41, 5.74) is 0. The maximum absolute atomic E-state index is 5.10. The van der Waals surface area contributed by atoms with E-state index in [1.165, 1.54) is 0 Å². The van der Waals surface area contributed by atoms with Crippen LogP contribution in [0, 0.1) is 0 Å². The maximum atomic E-state index is 5.10. The first-order valence-electron chi connectivity index (χ1n) is 3.33. The Morgan fingerprint density at radius 2 is 1.80 bits per heavy atom. The van der Waals surface area contributed by atoms with Crippen LogP contribution in [0.1, 0.15) is 13.2 Å². The highest BCUT2D eigenvalue weighted by atomic mass is 16.5. The van der Waals surface area contributed by atoms with Gasteiger partial charge in [0.05, 0.1) is 0 Å². The van der Waals surface area contributed by atoms with Gasteiger partial charge in [0.25, 0.3) is 6.23 Å². The van der Waals surface area contributed by atoms with Crippen LogP contribution in [-0.2, 0) is 4.74 Å². The third-order valence-corrected chi connectivity index (χ3v) is 1.50. The van der Waals surface area contributed by atoms with Gasteiger partial charge in [0.1, 0.15) is 0 Å². The van der Waals surface area contributed by atoms with Crippen molar-refractivity contribution in [3.05, 3.63) is 30.6 Å². The highest BCUT2D eigenvalue weighted by Crippen LogP contribution is 1.91. The highest BCUT2D eigenvalue weighted by Gasteiger charge is 2.06. The Hall–Kier alpha value is -0.890. The molecule has 1 atom stereocenters. The first-order chi connectivity index (χ1) is 4.84. The molecule has 1 unspecified atom stereocenters. The molecule has 0 saturated carbocycles. The summed E-state index contributed by atoms with van der Waals surface area (Å²) in [7, 11) is 1.70. The second kappa shape index (κ2) is 3.32. The zero-order valence-corrected chi connectivity index (χ0v) is 6.32. The number of ether oxygens (including phenoxy) is 1. The van der Waals surface area contributed by atoms with Crippen molar-refractivity contribution in [2.24, 2.45) is 0 Å². The van der Waals surface area contributed by atoms with Crippen LogP contribution in [0.25, 0.3) is 0 Å². The lowest BCUT2D eigenvalue weighted by Crippen LogP contribution is -2.37. The molecule has 0 spiro atoms. The molecule has 0 amide bonds. The fraction of sp³-hybridized carbons (Fsp3) is 0.375. The number of hydrogen-bond acceptors (Lipinski definition) is 1. The molecule has 0 fully saturated rings. The fourth-order valence-electron chi connectivity index (χ4n) is 0.776. The first-order valence-corrected chi connectivity index (χ1v) is 3.33. The minimum atomic E-state index is 0.126.